The van der Waals surface area contributed by atoms with Gasteiger partial charge in [0.05, 0.1) is 12.9 Å². The van der Waals surface area contributed by atoms with Crippen molar-refractivity contribution >= 4 is 65.2 Å². The monoisotopic (exact) mass is 500 g/mol. The highest BCUT2D eigenvalue weighted by molar-refractivity contribution is 7.85. The molecule has 9 heteroatoms. The smallest absolute Gasteiger partial charge is 0.265 e. The molecule has 0 atom stereocenters. The molecule has 3 heterocycles. The minimum Gasteiger partial charge on any atom is -0.496 e. The zero-order chi connectivity index (χ0) is 23.0. The van der Waals surface area contributed by atoms with Crippen molar-refractivity contribution in [2.45, 2.75) is 13.0 Å². The van der Waals surface area contributed by atoms with E-state index in [1.807, 2.05) is 53.9 Å². The van der Waals surface area contributed by atoms with Crippen LogP contribution in [-0.4, -0.2) is 32.4 Å². The summed E-state index contributed by atoms with van der Waals surface area (Å²) < 4.78 is 47.6. The molecule has 6 nitrogen and oxygen atoms in total. The summed E-state index contributed by atoms with van der Waals surface area (Å²) in [4.78, 5) is 0. The van der Waals surface area contributed by atoms with Crippen LogP contribution in [0.15, 0.2) is 53.4 Å². The van der Waals surface area contributed by atoms with Crippen LogP contribution in [0.4, 0.5) is 0 Å². The van der Waals surface area contributed by atoms with Gasteiger partial charge in [-0.3, -0.25) is 4.55 Å². The standard InChI is InChI=1S/C24H21NO5S3/c1-29-20-14-21-23(24-18(20)9-11-31-24)25(10-4-12-33(26,27)28)22(32-21)8-7-16-13-17-5-2-3-6-19(17)30-15-16/h2-3,5-9,11,13-14H,4,10,12,15H2,1H3/p+1/b8-7-. The second kappa shape index (κ2) is 8.90. The van der Waals surface area contributed by atoms with Crippen LogP contribution in [0.25, 0.3) is 32.5 Å². The van der Waals surface area contributed by atoms with Crippen molar-refractivity contribution in [3.63, 3.8) is 0 Å². The van der Waals surface area contributed by atoms with E-state index in [-0.39, 0.29) is 5.75 Å². The number of thiophene rings is 1. The average Bonchev–Trinajstić information content (AvgIpc) is 3.41. The van der Waals surface area contributed by atoms with Gasteiger partial charge in [-0.15, -0.1) is 11.3 Å². The van der Waals surface area contributed by atoms with Crippen molar-refractivity contribution in [1.82, 2.24) is 0 Å². The molecule has 1 N–H and O–H groups in total. The third-order valence-electron chi connectivity index (χ3n) is 5.49. The van der Waals surface area contributed by atoms with Gasteiger partial charge in [0.2, 0.25) is 5.52 Å². The molecule has 0 bridgehead atoms. The maximum Gasteiger partial charge on any atom is 0.265 e. The van der Waals surface area contributed by atoms with Crippen LogP contribution in [0.2, 0.25) is 0 Å². The van der Waals surface area contributed by atoms with Crippen molar-refractivity contribution < 1.29 is 27.0 Å². The van der Waals surface area contributed by atoms with Crippen LogP contribution >= 0.6 is 22.7 Å². The number of fused-ring (bicyclic) bond motifs is 4. The third kappa shape index (κ3) is 4.54. The Hall–Kier alpha value is -2.72. The number of aromatic nitrogens is 1. The van der Waals surface area contributed by atoms with E-state index in [2.05, 4.69) is 10.6 Å². The molecule has 1 aliphatic rings. The number of thiazole rings is 1. The van der Waals surface area contributed by atoms with Gasteiger partial charge < -0.3 is 9.47 Å². The van der Waals surface area contributed by atoms with Crippen LogP contribution in [0.1, 0.15) is 17.0 Å². The van der Waals surface area contributed by atoms with Crippen LogP contribution in [0, 0.1) is 0 Å². The fraction of sp³-hybridized carbons (Fsp3) is 0.208. The molecule has 0 fully saturated rings. The minimum atomic E-state index is -4.01. The van der Waals surface area contributed by atoms with E-state index in [4.69, 9.17) is 9.47 Å². The molecule has 170 valence electrons. The summed E-state index contributed by atoms with van der Waals surface area (Å²) in [6.07, 6.45) is 6.52. The Morgan fingerprint density at radius 2 is 2.09 bits per heavy atom. The fourth-order valence-corrected chi connectivity index (χ4v) is 6.66. The van der Waals surface area contributed by atoms with Gasteiger partial charge in [-0.1, -0.05) is 29.5 Å². The highest BCUT2D eigenvalue weighted by Gasteiger charge is 2.25. The predicted molar refractivity (Wildman–Crippen MR) is 134 cm³/mol. The Balaban J connectivity index is 1.58. The topological polar surface area (TPSA) is 76.7 Å². The summed E-state index contributed by atoms with van der Waals surface area (Å²) in [6.45, 7) is 0.960. The molecule has 0 saturated heterocycles. The average molecular weight is 501 g/mol. The second-order valence-corrected chi connectivity index (χ2v) is 11.3. The number of ether oxygens (including phenoxy) is 2. The Morgan fingerprint density at radius 1 is 1.24 bits per heavy atom. The van der Waals surface area contributed by atoms with Gasteiger partial charge in [-0.05, 0) is 35.2 Å². The molecular formula is C24H22NO5S3+. The lowest BCUT2D eigenvalue weighted by molar-refractivity contribution is -0.667. The first-order chi connectivity index (χ1) is 15.9. The summed E-state index contributed by atoms with van der Waals surface area (Å²) in [5.74, 6) is 1.42. The summed E-state index contributed by atoms with van der Waals surface area (Å²) in [7, 11) is -2.35. The number of aryl methyl sites for hydroxylation is 1. The Kier molecular flexibility index (Phi) is 5.96. The molecule has 5 rings (SSSR count). The lowest BCUT2D eigenvalue weighted by Gasteiger charge is -2.15. The molecule has 1 aliphatic heterocycles. The molecule has 4 aromatic rings. The maximum absolute atomic E-state index is 11.3. The number of hydrogen-bond donors (Lipinski definition) is 1. The van der Waals surface area contributed by atoms with Crippen molar-refractivity contribution in [2.24, 2.45) is 0 Å². The van der Waals surface area contributed by atoms with Gasteiger partial charge in [0.25, 0.3) is 15.1 Å². The number of para-hydroxylation sites is 1. The third-order valence-corrected chi connectivity index (χ3v) is 8.31. The van der Waals surface area contributed by atoms with Gasteiger partial charge in [0.1, 0.15) is 27.5 Å². The van der Waals surface area contributed by atoms with Gasteiger partial charge in [0.15, 0.2) is 6.54 Å². The van der Waals surface area contributed by atoms with Crippen molar-refractivity contribution in [1.29, 1.82) is 0 Å². The zero-order valence-corrected chi connectivity index (χ0v) is 20.3. The summed E-state index contributed by atoms with van der Waals surface area (Å²) in [6, 6.07) is 12.0. The number of hydrogen-bond acceptors (Lipinski definition) is 6. The van der Waals surface area contributed by atoms with Crippen molar-refractivity contribution in [3.8, 4) is 11.5 Å². The first-order valence-corrected chi connectivity index (χ1v) is 13.7. The van der Waals surface area contributed by atoms with E-state index >= 15 is 0 Å². The van der Waals surface area contributed by atoms with Gasteiger partial charge in [0, 0.05) is 29.5 Å². The van der Waals surface area contributed by atoms with Gasteiger partial charge in [-0.25, -0.2) is 0 Å². The molecule has 0 saturated carbocycles. The number of nitrogens with zero attached hydrogens (tertiary/aromatic N) is 1. The van der Waals surface area contributed by atoms with Crippen LogP contribution in [0.5, 0.6) is 11.5 Å². The number of benzene rings is 2. The Morgan fingerprint density at radius 3 is 2.91 bits per heavy atom. The van der Waals surface area contributed by atoms with Crippen LogP contribution in [-0.2, 0) is 16.7 Å². The van der Waals surface area contributed by atoms with Crippen molar-refractivity contribution in [3.05, 3.63) is 64.0 Å². The first-order valence-electron chi connectivity index (χ1n) is 10.4. The fourth-order valence-electron chi connectivity index (χ4n) is 4.00. The second-order valence-electron chi connectivity index (χ2n) is 7.70. The Labute approximate surface area is 199 Å². The number of methoxy groups -OCH3 is 1. The highest BCUT2D eigenvalue weighted by atomic mass is 32.2. The molecule has 0 radical (unpaired) electrons. The van der Waals surface area contributed by atoms with E-state index in [9.17, 15) is 13.0 Å². The van der Waals surface area contributed by atoms with E-state index in [1.165, 1.54) is 0 Å². The molecule has 0 aliphatic carbocycles. The lowest BCUT2D eigenvalue weighted by atomic mass is 10.1. The largest absolute Gasteiger partial charge is 0.496 e. The van der Waals surface area contributed by atoms with Gasteiger partial charge >= 0.3 is 0 Å². The molecule has 0 spiro atoms. The minimum absolute atomic E-state index is 0.278. The van der Waals surface area contributed by atoms with E-state index in [0.717, 1.165) is 47.9 Å². The quantitative estimate of drug-likeness (QED) is 0.280. The SMILES string of the molecule is COc1cc2sc(/C=C\C3=Cc4ccccc4OC3)[n+](CCCS(=O)(=O)O)c2c2sccc12. The highest BCUT2D eigenvalue weighted by Crippen LogP contribution is 2.38. The van der Waals surface area contributed by atoms with Crippen molar-refractivity contribution in [2.75, 3.05) is 19.5 Å². The first kappa shape index (κ1) is 22.1. The summed E-state index contributed by atoms with van der Waals surface area (Å²) >= 11 is 3.26. The molecule has 33 heavy (non-hydrogen) atoms. The van der Waals surface area contributed by atoms with Crippen LogP contribution in [0.3, 0.4) is 0 Å². The molecule has 0 unspecified atom stereocenters. The summed E-state index contributed by atoms with van der Waals surface area (Å²) in [5, 5.41) is 4.05. The zero-order valence-electron chi connectivity index (χ0n) is 17.9. The maximum atomic E-state index is 11.3. The molecule has 0 amide bonds. The molecule has 2 aromatic carbocycles. The van der Waals surface area contributed by atoms with Gasteiger partial charge in [-0.2, -0.15) is 13.0 Å². The van der Waals surface area contributed by atoms with Crippen LogP contribution < -0.4 is 14.0 Å². The predicted octanol–water partition coefficient (Wildman–Crippen LogP) is 5.18. The summed E-state index contributed by atoms with van der Waals surface area (Å²) in [5.41, 5.74) is 3.15. The van der Waals surface area contributed by atoms with E-state index in [0.29, 0.717) is 19.6 Å². The molecular weight excluding hydrogens is 478 g/mol. The van der Waals surface area contributed by atoms with E-state index < -0.39 is 10.1 Å². The van der Waals surface area contributed by atoms with E-state index in [1.54, 1.807) is 29.8 Å². The molecule has 2 aromatic heterocycles. The lowest BCUT2D eigenvalue weighted by Crippen LogP contribution is -2.36. The Bertz CT molecular complexity index is 1510. The normalized spacial score (nSPS) is 13.9. The number of rotatable bonds is 7.